The number of rotatable bonds is 4. The molecule has 24 heavy (non-hydrogen) atoms. The SMILES string of the molecule is COC1CCCC(OC(=O)C(C)N2C(=O)C3CCCCC3C2=O)C1. The summed E-state index contributed by atoms with van der Waals surface area (Å²) in [6.07, 6.45) is 6.83. The molecule has 0 N–H and O–H groups in total. The third-order valence-corrected chi connectivity index (χ3v) is 5.80. The highest BCUT2D eigenvalue weighted by Crippen LogP contribution is 2.39. The molecule has 0 aromatic heterocycles. The van der Waals surface area contributed by atoms with Crippen LogP contribution in [0.25, 0.3) is 0 Å². The van der Waals surface area contributed by atoms with Crippen LogP contribution in [0.3, 0.4) is 0 Å². The summed E-state index contributed by atoms with van der Waals surface area (Å²) in [4.78, 5) is 38.8. The summed E-state index contributed by atoms with van der Waals surface area (Å²) in [7, 11) is 1.67. The fraction of sp³-hybridized carbons (Fsp3) is 0.833. The van der Waals surface area contributed by atoms with Crippen LogP contribution in [0.15, 0.2) is 0 Å². The number of amides is 2. The Morgan fingerprint density at radius 2 is 1.58 bits per heavy atom. The van der Waals surface area contributed by atoms with Gasteiger partial charge in [-0.25, -0.2) is 4.79 Å². The molecule has 6 heteroatoms. The van der Waals surface area contributed by atoms with Crippen LogP contribution in [-0.4, -0.2) is 48.0 Å². The Hall–Kier alpha value is -1.43. The molecule has 2 aliphatic carbocycles. The predicted octanol–water partition coefficient (Wildman–Crippen LogP) is 2.05. The highest BCUT2D eigenvalue weighted by atomic mass is 16.5. The van der Waals surface area contributed by atoms with E-state index in [1.54, 1.807) is 14.0 Å². The molecule has 1 heterocycles. The van der Waals surface area contributed by atoms with Crippen molar-refractivity contribution in [2.45, 2.75) is 76.5 Å². The van der Waals surface area contributed by atoms with Crippen LogP contribution in [-0.2, 0) is 23.9 Å². The van der Waals surface area contributed by atoms with Gasteiger partial charge in [0.15, 0.2) is 0 Å². The van der Waals surface area contributed by atoms with Crippen molar-refractivity contribution in [2.24, 2.45) is 11.8 Å². The van der Waals surface area contributed by atoms with Gasteiger partial charge in [0.1, 0.15) is 12.1 Å². The lowest BCUT2D eigenvalue weighted by Gasteiger charge is -2.30. The molecule has 0 spiro atoms. The average molecular weight is 337 g/mol. The zero-order chi connectivity index (χ0) is 17.3. The second-order valence-electron chi connectivity index (χ2n) is 7.30. The summed E-state index contributed by atoms with van der Waals surface area (Å²) in [6.45, 7) is 1.60. The molecule has 0 radical (unpaired) electrons. The number of nitrogens with zero attached hydrogens (tertiary/aromatic N) is 1. The lowest BCUT2D eigenvalue weighted by Crippen LogP contribution is -2.45. The standard InChI is InChI=1S/C18H27NO5/c1-11(18(22)24-13-7-5-6-12(10-13)23-2)19-16(20)14-8-3-4-9-15(14)17(19)21/h11-15H,3-10H2,1-2H3. The van der Waals surface area contributed by atoms with Gasteiger partial charge in [0, 0.05) is 13.5 Å². The van der Waals surface area contributed by atoms with Crippen molar-refractivity contribution in [1.82, 2.24) is 4.90 Å². The lowest BCUT2D eigenvalue weighted by molar-refractivity contribution is -0.164. The Morgan fingerprint density at radius 1 is 1.00 bits per heavy atom. The minimum Gasteiger partial charge on any atom is -0.461 e. The molecule has 134 valence electrons. The quantitative estimate of drug-likeness (QED) is 0.580. The third kappa shape index (κ3) is 3.21. The second-order valence-corrected chi connectivity index (χ2v) is 7.30. The number of carbonyl (C=O) groups excluding carboxylic acids is 3. The van der Waals surface area contributed by atoms with Gasteiger partial charge in [-0.2, -0.15) is 0 Å². The van der Waals surface area contributed by atoms with Crippen molar-refractivity contribution in [3.8, 4) is 0 Å². The van der Waals surface area contributed by atoms with E-state index in [2.05, 4.69) is 0 Å². The molecule has 0 aromatic carbocycles. The maximum Gasteiger partial charge on any atom is 0.329 e. The van der Waals surface area contributed by atoms with E-state index in [9.17, 15) is 14.4 Å². The first-order chi connectivity index (χ1) is 11.5. The number of esters is 1. The van der Waals surface area contributed by atoms with Gasteiger partial charge >= 0.3 is 5.97 Å². The number of imide groups is 1. The predicted molar refractivity (Wildman–Crippen MR) is 85.9 cm³/mol. The van der Waals surface area contributed by atoms with Crippen LogP contribution < -0.4 is 0 Å². The number of ether oxygens (including phenoxy) is 2. The molecule has 5 unspecified atom stereocenters. The zero-order valence-corrected chi connectivity index (χ0v) is 14.5. The van der Waals surface area contributed by atoms with Gasteiger partial charge in [-0.1, -0.05) is 12.8 Å². The van der Waals surface area contributed by atoms with Crippen molar-refractivity contribution >= 4 is 17.8 Å². The van der Waals surface area contributed by atoms with Gasteiger partial charge in [0.05, 0.1) is 17.9 Å². The molecular weight excluding hydrogens is 310 g/mol. The van der Waals surface area contributed by atoms with Crippen LogP contribution in [0.5, 0.6) is 0 Å². The third-order valence-electron chi connectivity index (χ3n) is 5.80. The largest absolute Gasteiger partial charge is 0.461 e. The maximum absolute atomic E-state index is 12.6. The number of methoxy groups -OCH3 is 1. The highest BCUT2D eigenvalue weighted by Gasteiger charge is 2.51. The molecule has 3 fully saturated rings. The first-order valence-corrected chi connectivity index (χ1v) is 9.13. The van der Waals surface area contributed by atoms with Gasteiger partial charge in [-0.3, -0.25) is 14.5 Å². The molecule has 0 aromatic rings. The zero-order valence-electron chi connectivity index (χ0n) is 14.5. The topological polar surface area (TPSA) is 72.9 Å². The Morgan fingerprint density at radius 3 is 2.17 bits per heavy atom. The molecule has 5 atom stereocenters. The highest BCUT2D eigenvalue weighted by molar-refractivity contribution is 6.07. The van der Waals surface area contributed by atoms with E-state index in [1.165, 1.54) is 4.90 Å². The molecule has 0 bridgehead atoms. The Labute approximate surface area is 142 Å². The first-order valence-electron chi connectivity index (χ1n) is 9.13. The molecule has 2 saturated carbocycles. The lowest BCUT2D eigenvalue weighted by atomic mass is 9.81. The van der Waals surface area contributed by atoms with E-state index in [-0.39, 0.29) is 35.9 Å². The van der Waals surface area contributed by atoms with Crippen molar-refractivity contribution in [3.05, 3.63) is 0 Å². The molecule has 1 saturated heterocycles. The minimum atomic E-state index is -0.835. The van der Waals surface area contributed by atoms with E-state index < -0.39 is 12.0 Å². The van der Waals surface area contributed by atoms with Crippen LogP contribution in [0.1, 0.15) is 58.3 Å². The van der Waals surface area contributed by atoms with Crippen LogP contribution in [0.2, 0.25) is 0 Å². The smallest absolute Gasteiger partial charge is 0.329 e. The van der Waals surface area contributed by atoms with E-state index in [4.69, 9.17) is 9.47 Å². The monoisotopic (exact) mass is 337 g/mol. The summed E-state index contributed by atoms with van der Waals surface area (Å²) in [6, 6.07) is -0.835. The number of fused-ring (bicyclic) bond motifs is 1. The molecule has 1 aliphatic heterocycles. The summed E-state index contributed by atoms with van der Waals surface area (Å²) in [5, 5.41) is 0. The van der Waals surface area contributed by atoms with Crippen molar-refractivity contribution in [1.29, 1.82) is 0 Å². The van der Waals surface area contributed by atoms with Gasteiger partial charge < -0.3 is 9.47 Å². The molecule has 6 nitrogen and oxygen atoms in total. The number of hydrogen-bond donors (Lipinski definition) is 0. The molecule has 2 amide bonds. The van der Waals surface area contributed by atoms with E-state index in [1.807, 2.05) is 0 Å². The van der Waals surface area contributed by atoms with Gasteiger partial charge in [0.25, 0.3) is 0 Å². The molecule has 3 aliphatic rings. The fourth-order valence-corrected chi connectivity index (χ4v) is 4.36. The Kier molecular flexibility index (Phi) is 5.23. The van der Waals surface area contributed by atoms with E-state index in [0.717, 1.165) is 44.9 Å². The van der Waals surface area contributed by atoms with Crippen LogP contribution in [0.4, 0.5) is 0 Å². The van der Waals surface area contributed by atoms with Crippen molar-refractivity contribution in [3.63, 3.8) is 0 Å². The van der Waals surface area contributed by atoms with Gasteiger partial charge in [0.2, 0.25) is 11.8 Å². The molecular formula is C18H27NO5. The van der Waals surface area contributed by atoms with Crippen molar-refractivity contribution < 1.29 is 23.9 Å². The average Bonchev–Trinajstić information content (AvgIpc) is 2.86. The first kappa shape index (κ1) is 17.4. The maximum atomic E-state index is 12.6. The van der Waals surface area contributed by atoms with Crippen LogP contribution >= 0.6 is 0 Å². The van der Waals surface area contributed by atoms with Gasteiger partial charge in [-0.05, 0) is 39.0 Å². The van der Waals surface area contributed by atoms with E-state index in [0.29, 0.717) is 6.42 Å². The number of hydrogen-bond acceptors (Lipinski definition) is 5. The summed E-state index contributed by atoms with van der Waals surface area (Å²) >= 11 is 0. The summed E-state index contributed by atoms with van der Waals surface area (Å²) in [5.74, 6) is -1.31. The molecule has 3 rings (SSSR count). The second kappa shape index (κ2) is 7.21. The number of likely N-dealkylation sites (tertiary alicyclic amines) is 1. The van der Waals surface area contributed by atoms with Gasteiger partial charge in [-0.15, -0.1) is 0 Å². The normalized spacial score (nSPS) is 34.8. The van der Waals surface area contributed by atoms with Crippen molar-refractivity contribution in [2.75, 3.05) is 7.11 Å². The fourth-order valence-electron chi connectivity index (χ4n) is 4.36. The summed E-state index contributed by atoms with van der Waals surface area (Å²) in [5.41, 5.74) is 0. The number of carbonyl (C=O) groups is 3. The minimum absolute atomic E-state index is 0.116. The summed E-state index contributed by atoms with van der Waals surface area (Å²) < 4.78 is 10.9. The Balaban J connectivity index is 1.63. The van der Waals surface area contributed by atoms with Crippen LogP contribution in [0, 0.1) is 11.8 Å². The van der Waals surface area contributed by atoms with E-state index >= 15 is 0 Å². The Bertz CT molecular complexity index is 496.